The lowest BCUT2D eigenvalue weighted by Crippen LogP contribution is -2.29. The molecule has 3 aliphatic rings. The second kappa shape index (κ2) is 11.2. The minimum Gasteiger partial charge on any atom is -0.244 e. The third-order valence-electron chi connectivity index (χ3n) is 10.0. The largest absolute Gasteiger partial charge is 0.244 e. The molecule has 0 spiro atoms. The average Bonchev–Trinajstić information content (AvgIpc) is 3.92. The number of rotatable bonds is 6. The minimum atomic E-state index is -1.08. The van der Waals surface area contributed by atoms with Gasteiger partial charge in [0.1, 0.15) is 0 Å². The van der Waals surface area contributed by atoms with Crippen molar-refractivity contribution in [1.82, 2.24) is 0 Å². The second-order valence-electron chi connectivity index (χ2n) is 13.1. The molecule has 0 atom stereocenters. The predicted octanol–water partition coefficient (Wildman–Crippen LogP) is 5.15. The van der Waals surface area contributed by atoms with E-state index in [2.05, 4.69) is 54.6 Å². The molecule has 0 saturated heterocycles. The Balaban J connectivity index is 1.35. The van der Waals surface area contributed by atoms with Crippen molar-refractivity contribution in [2.45, 2.75) is 17.0 Å². The average molecular weight is 655 g/mol. The van der Waals surface area contributed by atoms with Crippen LogP contribution in [0.5, 0.6) is 0 Å². The van der Waals surface area contributed by atoms with Crippen LogP contribution in [0, 0.1) is 0 Å². The second-order valence-corrected chi connectivity index (χ2v) is 13.1. The number of hydrogen-bond acceptors (Lipinski definition) is 6. The SMILES string of the molecule is c1ccc(C2(c3cc(C4(c5ccccc5)N=c5ccccc5=N4)cc(C4(c5ccccc5)N=c5ccccc5=N4)c3)N=c3ccccc3=N2)cc1. The van der Waals surface area contributed by atoms with Crippen LogP contribution in [0.2, 0.25) is 0 Å². The lowest BCUT2D eigenvalue weighted by molar-refractivity contribution is 0.530. The van der Waals surface area contributed by atoms with Gasteiger partial charge in [0.25, 0.3) is 0 Å². The summed E-state index contributed by atoms with van der Waals surface area (Å²) in [5.74, 6) is 0. The fourth-order valence-electron chi connectivity index (χ4n) is 7.60. The predicted molar refractivity (Wildman–Crippen MR) is 194 cm³/mol. The van der Waals surface area contributed by atoms with Crippen LogP contribution in [0.4, 0.5) is 0 Å². The van der Waals surface area contributed by atoms with E-state index < -0.39 is 17.0 Å². The van der Waals surface area contributed by atoms with Crippen molar-refractivity contribution >= 4 is 0 Å². The monoisotopic (exact) mass is 654 g/mol. The Morgan fingerprint density at radius 1 is 0.216 bits per heavy atom. The van der Waals surface area contributed by atoms with Gasteiger partial charge in [0.05, 0.1) is 32.1 Å². The Labute approximate surface area is 293 Å². The van der Waals surface area contributed by atoms with Crippen LogP contribution in [-0.2, 0) is 17.0 Å². The van der Waals surface area contributed by atoms with Gasteiger partial charge in [0.2, 0.25) is 17.0 Å². The van der Waals surface area contributed by atoms with Gasteiger partial charge in [0.15, 0.2) is 0 Å². The van der Waals surface area contributed by atoms with Gasteiger partial charge in [-0.05, 0) is 54.6 Å². The summed E-state index contributed by atoms with van der Waals surface area (Å²) in [6, 6.07) is 61.8. The van der Waals surface area contributed by atoms with Crippen LogP contribution in [0.25, 0.3) is 0 Å². The Morgan fingerprint density at radius 3 is 0.627 bits per heavy atom. The maximum atomic E-state index is 5.44. The third-order valence-corrected chi connectivity index (χ3v) is 10.0. The molecular formula is C45H30N6. The van der Waals surface area contributed by atoms with E-state index in [9.17, 15) is 0 Å². The summed E-state index contributed by atoms with van der Waals surface area (Å²) in [5, 5.41) is 5.05. The highest BCUT2D eigenvalue weighted by Gasteiger charge is 2.44. The van der Waals surface area contributed by atoms with Crippen LogP contribution in [-0.4, -0.2) is 0 Å². The zero-order chi connectivity index (χ0) is 33.9. The van der Waals surface area contributed by atoms with Crippen LogP contribution >= 0.6 is 0 Å². The number of fused-ring (bicyclic) bond motifs is 3. The zero-order valence-electron chi connectivity index (χ0n) is 27.5. The molecular weight excluding hydrogens is 625 g/mol. The Kier molecular flexibility index (Phi) is 6.42. The molecule has 6 nitrogen and oxygen atoms in total. The molecule has 3 heterocycles. The first-order chi connectivity index (χ1) is 25.2. The van der Waals surface area contributed by atoms with Gasteiger partial charge in [-0.1, -0.05) is 127 Å². The topological polar surface area (TPSA) is 74.2 Å². The summed E-state index contributed by atoms with van der Waals surface area (Å²) in [6.45, 7) is 0. The van der Waals surface area contributed by atoms with Gasteiger partial charge in [-0.15, -0.1) is 0 Å². The Hall–Kier alpha value is -6.66. The molecule has 240 valence electrons. The van der Waals surface area contributed by atoms with Gasteiger partial charge in [-0.2, -0.15) is 0 Å². The van der Waals surface area contributed by atoms with E-state index in [0.29, 0.717) is 0 Å². The molecule has 0 aliphatic carbocycles. The summed E-state index contributed by atoms with van der Waals surface area (Å²) in [4.78, 5) is 32.6. The highest BCUT2D eigenvalue weighted by molar-refractivity contribution is 5.52. The number of para-hydroxylation sites is 6. The molecule has 0 aromatic heterocycles. The third kappa shape index (κ3) is 4.50. The van der Waals surface area contributed by atoms with E-state index in [4.69, 9.17) is 30.0 Å². The summed E-state index contributed by atoms with van der Waals surface area (Å²) in [6.07, 6.45) is 0. The lowest BCUT2D eigenvalue weighted by Gasteiger charge is -2.32. The first-order valence-electron chi connectivity index (χ1n) is 17.1. The van der Waals surface area contributed by atoms with Crippen LogP contribution in [0.3, 0.4) is 0 Å². The van der Waals surface area contributed by atoms with Crippen molar-refractivity contribution in [3.05, 3.63) is 248 Å². The highest BCUT2D eigenvalue weighted by atomic mass is 15.1. The van der Waals surface area contributed by atoms with Crippen molar-refractivity contribution in [1.29, 1.82) is 0 Å². The van der Waals surface area contributed by atoms with Crippen molar-refractivity contribution in [2.24, 2.45) is 30.0 Å². The first-order valence-corrected chi connectivity index (χ1v) is 17.1. The summed E-state index contributed by atoms with van der Waals surface area (Å²) in [7, 11) is 0. The number of nitrogens with zero attached hydrogens (tertiary/aromatic N) is 6. The zero-order valence-corrected chi connectivity index (χ0v) is 27.5. The molecule has 7 aromatic rings. The maximum Gasteiger partial charge on any atom is 0.202 e. The molecule has 51 heavy (non-hydrogen) atoms. The van der Waals surface area contributed by atoms with E-state index in [1.165, 1.54) is 0 Å². The standard InChI is InChI=1S/C45H30N6/c1-4-16-31(17-5-1)43(46-37-22-10-11-23-38(37)47-43)34-28-35(44(32-18-6-2-7-19-32)48-39-24-12-13-25-40(39)49-44)30-36(29-34)45(33-20-8-3-9-21-33)50-41-26-14-15-27-42(41)51-45/h1-30H. The van der Waals surface area contributed by atoms with E-state index in [-0.39, 0.29) is 0 Å². The number of hydrogen-bond donors (Lipinski definition) is 0. The van der Waals surface area contributed by atoms with Crippen LogP contribution in [0.15, 0.2) is 212 Å². The number of benzene rings is 7. The summed E-state index contributed by atoms with van der Waals surface area (Å²) >= 11 is 0. The fourth-order valence-corrected chi connectivity index (χ4v) is 7.60. The van der Waals surface area contributed by atoms with Gasteiger partial charge in [0, 0.05) is 33.4 Å². The molecule has 7 aromatic carbocycles. The van der Waals surface area contributed by atoms with E-state index in [1.807, 2.05) is 127 Å². The molecule has 0 saturated carbocycles. The van der Waals surface area contributed by atoms with E-state index in [1.54, 1.807) is 0 Å². The normalized spacial score (nSPS) is 16.5. The molecule has 0 unspecified atom stereocenters. The molecule has 0 radical (unpaired) electrons. The fraction of sp³-hybridized carbons (Fsp3) is 0.0667. The van der Waals surface area contributed by atoms with Crippen LogP contribution in [0.1, 0.15) is 33.4 Å². The van der Waals surface area contributed by atoms with Crippen molar-refractivity contribution in [3.8, 4) is 0 Å². The quantitative estimate of drug-likeness (QED) is 0.238. The molecule has 0 fully saturated rings. The van der Waals surface area contributed by atoms with E-state index in [0.717, 1.165) is 65.5 Å². The lowest BCUT2D eigenvalue weighted by atomic mass is 9.81. The molecule has 6 heteroatoms. The maximum absolute atomic E-state index is 5.44. The van der Waals surface area contributed by atoms with E-state index >= 15 is 0 Å². The van der Waals surface area contributed by atoms with Crippen molar-refractivity contribution in [3.63, 3.8) is 0 Å². The first kappa shape index (κ1) is 29.3. The van der Waals surface area contributed by atoms with Crippen molar-refractivity contribution in [2.75, 3.05) is 0 Å². The summed E-state index contributed by atoms with van der Waals surface area (Å²) in [5.41, 5.74) is 2.27. The molecule has 0 amide bonds. The molecule has 0 bridgehead atoms. The molecule has 0 N–H and O–H groups in total. The van der Waals surface area contributed by atoms with Gasteiger partial charge >= 0.3 is 0 Å². The smallest absolute Gasteiger partial charge is 0.202 e. The molecule has 3 aliphatic heterocycles. The van der Waals surface area contributed by atoms with Gasteiger partial charge < -0.3 is 0 Å². The molecule has 10 rings (SSSR count). The van der Waals surface area contributed by atoms with Gasteiger partial charge in [-0.25, -0.2) is 30.0 Å². The van der Waals surface area contributed by atoms with Gasteiger partial charge in [-0.3, -0.25) is 0 Å². The minimum absolute atomic E-state index is 0.842. The highest BCUT2D eigenvalue weighted by Crippen LogP contribution is 2.45. The summed E-state index contributed by atoms with van der Waals surface area (Å²) < 4.78 is 0. The van der Waals surface area contributed by atoms with Crippen molar-refractivity contribution < 1.29 is 0 Å². The van der Waals surface area contributed by atoms with Crippen LogP contribution < -0.4 is 32.1 Å². The Morgan fingerprint density at radius 2 is 0.412 bits per heavy atom. The Bertz CT molecular complexity index is 2440.